The summed E-state index contributed by atoms with van der Waals surface area (Å²) in [5.74, 6) is 1.96. The Morgan fingerprint density at radius 2 is 1.75 bits per heavy atom. The van der Waals surface area contributed by atoms with Crippen molar-refractivity contribution in [1.29, 1.82) is 0 Å². The molecule has 1 heterocycles. The maximum Gasteiger partial charge on any atom is 0.145 e. The summed E-state index contributed by atoms with van der Waals surface area (Å²) >= 11 is 0. The van der Waals surface area contributed by atoms with Crippen LogP contribution in [-0.2, 0) is 0 Å². The SMILES string of the molecule is COc1ccc(OC)c2c(C)cc(N)nc12. The minimum atomic E-state index is 0.483. The minimum Gasteiger partial charge on any atom is -0.496 e. The highest BCUT2D eigenvalue weighted by Gasteiger charge is 2.11. The van der Waals surface area contributed by atoms with E-state index in [1.54, 1.807) is 14.2 Å². The van der Waals surface area contributed by atoms with Gasteiger partial charge in [-0.25, -0.2) is 4.98 Å². The maximum atomic E-state index is 5.73. The summed E-state index contributed by atoms with van der Waals surface area (Å²) in [6, 6.07) is 5.52. The molecule has 2 rings (SSSR count). The van der Waals surface area contributed by atoms with E-state index < -0.39 is 0 Å². The number of nitrogens with zero attached hydrogens (tertiary/aromatic N) is 1. The first kappa shape index (κ1) is 10.5. The van der Waals surface area contributed by atoms with E-state index in [-0.39, 0.29) is 0 Å². The van der Waals surface area contributed by atoms with Crippen LogP contribution in [0.4, 0.5) is 5.82 Å². The van der Waals surface area contributed by atoms with Crippen LogP contribution >= 0.6 is 0 Å². The molecule has 0 aliphatic heterocycles. The third-order valence-electron chi connectivity index (χ3n) is 2.54. The van der Waals surface area contributed by atoms with Crippen molar-refractivity contribution in [3.8, 4) is 11.5 Å². The average Bonchev–Trinajstić information content (AvgIpc) is 2.27. The van der Waals surface area contributed by atoms with E-state index >= 15 is 0 Å². The monoisotopic (exact) mass is 218 g/mol. The van der Waals surface area contributed by atoms with Crippen molar-refractivity contribution in [2.75, 3.05) is 20.0 Å². The molecule has 0 fully saturated rings. The van der Waals surface area contributed by atoms with Crippen LogP contribution in [0.2, 0.25) is 0 Å². The largest absolute Gasteiger partial charge is 0.496 e. The molecule has 2 aromatic rings. The molecule has 0 atom stereocenters. The lowest BCUT2D eigenvalue weighted by Crippen LogP contribution is -1.97. The zero-order valence-electron chi connectivity index (χ0n) is 9.57. The molecule has 16 heavy (non-hydrogen) atoms. The van der Waals surface area contributed by atoms with Gasteiger partial charge in [-0.2, -0.15) is 0 Å². The molecule has 0 saturated heterocycles. The third-order valence-corrected chi connectivity index (χ3v) is 2.54. The van der Waals surface area contributed by atoms with E-state index in [1.165, 1.54) is 0 Å². The van der Waals surface area contributed by atoms with Crippen molar-refractivity contribution >= 4 is 16.7 Å². The van der Waals surface area contributed by atoms with Gasteiger partial charge in [0.1, 0.15) is 22.8 Å². The van der Waals surface area contributed by atoms with E-state index in [1.807, 2.05) is 25.1 Å². The molecule has 4 nitrogen and oxygen atoms in total. The molecule has 84 valence electrons. The van der Waals surface area contributed by atoms with Crippen LogP contribution in [0.1, 0.15) is 5.56 Å². The summed E-state index contributed by atoms with van der Waals surface area (Å²) in [6.45, 7) is 1.97. The van der Waals surface area contributed by atoms with Crippen LogP contribution in [0, 0.1) is 6.92 Å². The van der Waals surface area contributed by atoms with E-state index in [9.17, 15) is 0 Å². The maximum absolute atomic E-state index is 5.73. The fourth-order valence-corrected chi connectivity index (χ4v) is 1.84. The second kappa shape index (κ2) is 3.89. The molecule has 0 bridgehead atoms. The lowest BCUT2D eigenvalue weighted by Gasteiger charge is -2.11. The first-order chi connectivity index (χ1) is 7.67. The Hall–Kier alpha value is -1.97. The van der Waals surface area contributed by atoms with E-state index in [2.05, 4.69) is 4.98 Å². The van der Waals surface area contributed by atoms with Gasteiger partial charge >= 0.3 is 0 Å². The number of hydrogen-bond donors (Lipinski definition) is 1. The predicted octanol–water partition coefficient (Wildman–Crippen LogP) is 2.14. The molecule has 0 unspecified atom stereocenters. The number of benzene rings is 1. The number of aromatic nitrogens is 1. The van der Waals surface area contributed by atoms with Crippen molar-refractivity contribution in [2.24, 2.45) is 0 Å². The van der Waals surface area contributed by atoms with Gasteiger partial charge in [0.2, 0.25) is 0 Å². The van der Waals surface area contributed by atoms with Crippen LogP contribution in [-0.4, -0.2) is 19.2 Å². The lowest BCUT2D eigenvalue weighted by molar-refractivity contribution is 0.409. The van der Waals surface area contributed by atoms with Crippen molar-refractivity contribution < 1.29 is 9.47 Å². The summed E-state index contributed by atoms with van der Waals surface area (Å²) in [7, 11) is 3.25. The highest BCUT2D eigenvalue weighted by Crippen LogP contribution is 2.34. The smallest absolute Gasteiger partial charge is 0.145 e. The molecule has 0 aliphatic carbocycles. The molecule has 0 aliphatic rings. The van der Waals surface area contributed by atoms with Gasteiger partial charge < -0.3 is 15.2 Å². The summed E-state index contributed by atoms with van der Waals surface area (Å²) < 4.78 is 10.6. The Morgan fingerprint density at radius 3 is 2.38 bits per heavy atom. The van der Waals surface area contributed by atoms with Crippen molar-refractivity contribution in [3.05, 3.63) is 23.8 Å². The average molecular weight is 218 g/mol. The molecule has 1 aromatic carbocycles. The first-order valence-corrected chi connectivity index (χ1v) is 4.95. The van der Waals surface area contributed by atoms with Crippen LogP contribution in [0.3, 0.4) is 0 Å². The lowest BCUT2D eigenvalue weighted by atomic mass is 10.1. The summed E-state index contributed by atoms with van der Waals surface area (Å²) in [5.41, 5.74) is 7.49. The summed E-state index contributed by atoms with van der Waals surface area (Å²) in [4.78, 5) is 4.29. The standard InChI is InChI=1S/C12H14N2O2/c1-7-6-10(13)14-12-9(16-3)5-4-8(15-2)11(7)12/h4-6H,1-3H3,(H2,13,14). The second-order valence-electron chi connectivity index (χ2n) is 3.56. The number of anilines is 1. The van der Waals surface area contributed by atoms with Gasteiger partial charge in [-0.1, -0.05) is 0 Å². The molecule has 4 heteroatoms. The van der Waals surface area contributed by atoms with E-state index in [4.69, 9.17) is 15.2 Å². The van der Waals surface area contributed by atoms with Gasteiger partial charge in [-0.15, -0.1) is 0 Å². The van der Waals surface area contributed by atoms with Gasteiger partial charge in [0.15, 0.2) is 0 Å². The number of aryl methyl sites for hydroxylation is 1. The molecule has 0 radical (unpaired) electrons. The number of ether oxygens (including phenoxy) is 2. The van der Waals surface area contributed by atoms with Crippen molar-refractivity contribution in [3.63, 3.8) is 0 Å². The molecule has 1 aromatic heterocycles. The minimum absolute atomic E-state index is 0.483. The highest BCUT2D eigenvalue weighted by atomic mass is 16.5. The fraction of sp³-hybridized carbons (Fsp3) is 0.250. The third kappa shape index (κ3) is 1.52. The molecular weight excluding hydrogens is 204 g/mol. The zero-order valence-corrected chi connectivity index (χ0v) is 9.57. The van der Waals surface area contributed by atoms with E-state index in [0.29, 0.717) is 11.6 Å². The van der Waals surface area contributed by atoms with Crippen molar-refractivity contribution in [1.82, 2.24) is 4.98 Å². The van der Waals surface area contributed by atoms with Gasteiger partial charge in [0.25, 0.3) is 0 Å². The van der Waals surface area contributed by atoms with Crippen LogP contribution < -0.4 is 15.2 Å². The number of hydrogen-bond acceptors (Lipinski definition) is 4. The zero-order chi connectivity index (χ0) is 11.7. The van der Waals surface area contributed by atoms with Gasteiger partial charge in [0.05, 0.1) is 14.2 Å². The topological polar surface area (TPSA) is 57.4 Å². The molecule has 0 amide bonds. The summed E-state index contributed by atoms with van der Waals surface area (Å²) in [6.07, 6.45) is 0. The second-order valence-corrected chi connectivity index (χ2v) is 3.56. The Bertz CT molecular complexity index is 538. The van der Waals surface area contributed by atoms with Gasteiger partial charge in [0, 0.05) is 5.39 Å². The number of methoxy groups -OCH3 is 2. The summed E-state index contributed by atoms with van der Waals surface area (Å²) in [5, 5.41) is 0.941. The predicted molar refractivity (Wildman–Crippen MR) is 64.0 cm³/mol. The number of fused-ring (bicyclic) bond motifs is 1. The Labute approximate surface area is 94.0 Å². The Balaban J connectivity index is 2.90. The Kier molecular flexibility index (Phi) is 2.56. The van der Waals surface area contributed by atoms with Crippen LogP contribution in [0.15, 0.2) is 18.2 Å². The number of nitrogen functional groups attached to an aromatic ring is 1. The quantitative estimate of drug-likeness (QED) is 0.839. The normalized spacial score (nSPS) is 10.4. The van der Waals surface area contributed by atoms with Crippen LogP contribution in [0.5, 0.6) is 11.5 Å². The first-order valence-electron chi connectivity index (χ1n) is 4.95. The highest BCUT2D eigenvalue weighted by molar-refractivity contribution is 5.93. The number of nitrogens with two attached hydrogens (primary N) is 1. The fourth-order valence-electron chi connectivity index (χ4n) is 1.84. The van der Waals surface area contributed by atoms with Gasteiger partial charge in [-0.3, -0.25) is 0 Å². The Morgan fingerprint density at radius 1 is 1.12 bits per heavy atom. The van der Waals surface area contributed by atoms with Gasteiger partial charge in [-0.05, 0) is 30.7 Å². The molecule has 0 spiro atoms. The molecule has 2 N–H and O–H groups in total. The van der Waals surface area contributed by atoms with Crippen molar-refractivity contribution in [2.45, 2.75) is 6.92 Å². The number of rotatable bonds is 2. The molecule has 0 saturated carbocycles. The molecular formula is C12H14N2O2. The number of pyridine rings is 1. The van der Waals surface area contributed by atoms with Crippen LogP contribution in [0.25, 0.3) is 10.9 Å². The van der Waals surface area contributed by atoms with E-state index in [0.717, 1.165) is 22.2 Å².